The van der Waals surface area contributed by atoms with Crippen LogP contribution in [0.3, 0.4) is 0 Å². The van der Waals surface area contributed by atoms with Crippen LogP contribution in [0.1, 0.15) is 29.7 Å². The number of nitrogens with zero attached hydrogens (tertiary/aromatic N) is 4. The zero-order valence-electron chi connectivity index (χ0n) is 17.9. The molecule has 0 bridgehead atoms. The van der Waals surface area contributed by atoms with Crippen molar-refractivity contribution >= 4 is 28.9 Å². The second-order valence-electron chi connectivity index (χ2n) is 7.51. The molecule has 1 saturated heterocycles. The summed E-state index contributed by atoms with van der Waals surface area (Å²) in [6.45, 7) is 5.87. The van der Waals surface area contributed by atoms with Gasteiger partial charge in [-0.05, 0) is 55.0 Å². The smallest absolute Gasteiger partial charge is 0.0992 e. The lowest BCUT2D eigenvalue weighted by molar-refractivity contribution is 0.198. The van der Waals surface area contributed by atoms with Gasteiger partial charge in [-0.3, -0.25) is 4.90 Å². The molecule has 3 aromatic rings. The number of rotatable bonds is 3. The van der Waals surface area contributed by atoms with E-state index in [1.54, 1.807) is 6.07 Å². The molecule has 162 valence electrons. The van der Waals surface area contributed by atoms with E-state index >= 15 is 0 Å². The normalized spacial score (nSPS) is 14.5. The van der Waals surface area contributed by atoms with Crippen LogP contribution in [0.4, 0.5) is 5.69 Å². The summed E-state index contributed by atoms with van der Waals surface area (Å²) in [7, 11) is 0. The van der Waals surface area contributed by atoms with Gasteiger partial charge in [0.05, 0.1) is 34.0 Å². The zero-order valence-corrected chi connectivity index (χ0v) is 19.4. The summed E-state index contributed by atoms with van der Waals surface area (Å²) in [5.41, 5.74) is 3.49. The Morgan fingerprint density at radius 1 is 0.781 bits per heavy atom. The Balaban J connectivity index is 0.000000352. The summed E-state index contributed by atoms with van der Waals surface area (Å²) in [6, 6.07) is 27.3. The number of piperazine rings is 1. The van der Waals surface area contributed by atoms with Gasteiger partial charge in [-0.1, -0.05) is 53.5 Å². The van der Waals surface area contributed by atoms with E-state index in [2.05, 4.69) is 28.9 Å². The van der Waals surface area contributed by atoms with E-state index in [1.165, 1.54) is 5.56 Å². The second kappa shape index (κ2) is 11.6. The van der Waals surface area contributed by atoms with Crippen LogP contribution in [0.2, 0.25) is 10.0 Å². The minimum Gasteiger partial charge on any atom is -0.368 e. The Bertz CT molecular complexity index is 1090. The fourth-order valence-corrected chi connectivity index (χ4v) is 4.09. The van der Waals surface area contributed by atoms with Gasteiger partial charge in [-0.15, -0.1) is 0 Å². The maximum atomic E-state index is 8.95. The van der Waals surface area contributed by atoms with Crippen molar-refractivity contribution in [3.8, 4) is 12.1 Å². The third kappa shape index (κ3) is 6.25. The molecule has 4 nitrogen and oxygen atoms in total. The van der Waals surface area contributed by atoms with Crippen molar-refractivity contribution in [3.05, 3.63) is 99.5 Å². The zero-order chi connectivity index (χ0) is 22.9. The molecule has 1 fully saturated rings. The Morgan fingerprint density at radius 2 is 1.38 bits per heavy atom. The van der Waals surface area contributed by atoms with Gasteiger partial charge in [-0.25, -0.2) is 0 Å². The molecule has 0 amide bonds. The minimum atomic E-state index is 0.311. The van der Waals surface area contributed by atoms with Gasteiger partial charge in [0.2, 0.25) is 0 Å². The van der Waals surface area contributed by atoms with Crippen LogP contribution in [-0.4, -0.2) is 31.1 Å². The molecule has 6 heteroatoms. The average molecular weight is 463 g/mol. The van der Waals surface area contributed by atoms with Crippen molar-refractivity contribution in [1.29, 1.82) is 10.5 Å². The van der Waals surface area contributed by atoms with Crippen LogP contribution in [0.15, 0.2) is 72.8 Å². The molecule has 0 aliphatic carbocycles. The van der Waals surface area contributed by atoms with Gasteiger partial charge >= 0.3 is 0 Å². The summed E-state index contributed by atoms with van der Waals surface area (Å²) < 4.78 is 0. The number of benzene rings is 3. The third-order valence-corrected chi connectivity index (χ3v) is 6.09. The fraction of sp³-hybridized carbons (Fsp3) is 0.231. The van der Waals surface area contributed by atoms with Crippen LogP contribution in [0.25, 0.3) is 0 Å². The van der Waals surface area contributed by atoms with E-state index in [9.17, 15) is 0 Å². The maximum absolute atomic E-state index is 8.95. The lowest BCUT2D eigenvalue weighted by Gasteiger charge is -2.39. The minimum absolute atomic E-state index is 0.311. The Labute approximate surface area is 199 Å². The number of nitriles is 2. The molecule has 0 aromatic heterocycles. The summed E-state index contributed by atoms with van der Waals surface area (Å²) in [5, 5.41) is 19.3. The van der Waals surface area contributed by atoms with E-state index in [1.807, 2.05) is 66.7 Å². The molecule has 3 aromatic carbocycles. The molecule has 1 atom stereocenters. The van der Waals surface area contributed by atoms with Crippen LogP contribution in [0, 0.1) is 22.7 Å². The molecule has 4 rings (SSSR count). The molecule has 1 heterocycles. The SMILES string of the molecule is C[C@H](c1ccc(C#N)cc1)N1CCN(c2ccc(C#N)cc2Cl)CC1.Clc1ccccc1. The number of anilines is 1. The summed E-state index contributed by atoms with van der Waals surface area (Å²) in [4.78, 5) is 4.71. The standard InChI is InChI=1S/C20H19ClN4.C6H5Cl/c1-15(18-5-2-16(13-22)3-6-18)24-8-10-25(11-9-24)20-7-4-17(14-23)12-19(20)21;7-6-4-2-1-3-5-6/h2-7,12,15H,8-11H2,1H3;1-5H/t15-;/m1./s1. The van der Waals surface area contributed by atoms with E-state index in [0.29, 0.717) is 22.2 Å². The fourth-order valence-electron chi connectivity index (χ4n) is 3.64. The van der Waals surface area contributed by atoms with Crippen molar-refractivity contribution < 1.29 is 0 Å². The van der Waals surface area contributed by atoms with E-state index in [0.717, 1.165) is 36.9 Å². The molecule has 1 aliphatic rings. The molecule has 0 N–H and O–H groups in total. The highest BCUT2D eigenvalue weighted by atomic mass is 35.5. The molecule has 32 heavy (non-hydrogen) atoms. The van der Waals surface area contributed by atoms with Gasteiger partial charge in [0, 0.05) is 37.2 Å². The van der Waals surface area contributed by atoms with E-state index in [-0.39, 0.29) is 0 Å². The number of hydrogen-bond donors (Lipinski definition) is 0. The largest absolute Gasteiger partial charge is 0.368 e. The van der Waals surface area contributed by atoms with Gasteiger partial charge in [0.1, 0.15) is 0 Å². The first kappa shape index (κ1) is 23.6. The highest BCUT2D eigenvalue weighted by Crippen LogP contribution is 2.29. The maximum Gasteiger partial charge on any atom is 0.0992 e. The van der Waals surface area contributed by atoms with Crippen LogP contribution < -0.4 is 4.90 Å². The highest BCUT2D eigenvalue weighted by molar-refractivity contribution is 6.33. The van der Waals surface area contributed by atoms with Crippen LogP contribution >= 0.6 is 23.2 Å². The molecule has 1 aliphatic heterocycles. The van der Waals surface area contributed by atoms with Gasteiger partial charge in [0.15, 0.2) is 0 Å². The summed E-state index contributed by atoms with van der Waals surface area (Å²) >= 11 is 11.9. The Hall–Kier alpha value is -3.02. The molecular weight excluding hydrogens is 439 g/mol. The quantitative estimate of drug-likeness (QED) is 0.457. The third-order valence-electron chi connectivity index (χ3n) is 5.53. The number of hydrogen-bond acceptors (Lipinski definition) is 4. The van der Waals surface area contributed by atoms with Crippen LogP contribution in [0.5, 0.6) is 0 Å². The summed E-state index contributed by atoms with van der Waals surface area (Å²) in [6.07, 6.45) is 0. The van der Waals surface area contributed by atoms with Gasteiger partial charge < -0.3 is 4.90 Å². The Kier molecular flexibility index (Phi) is 8.54. The van der Waals surface area contributed by atoms with Crippen molar-refractivity contribution in [2.24, 2.45) is 0 Å². The van der Waals surface area contributed by atoms with E-state index < -0.39 is 0 Å². The Morgan fingerprint density at radius 3 is 1.88 bits per heavy atom. The predicted molar refractivity (Wildman–Crippen MR) is 131 cm³/mol. The lowest BCUT2D eigenvalue weighted by atomic mass is 10.0. The van der Waals surface area contributed by atoms with Crippen molar-refractivity contribution in [2.45, 2.75) is 13.0 Å². The molecule has 0 spiro atoms. The van der Waals surface area contributed by atoms with Crippen molar-refractivity contribution in [1.82, 2.24) is 4.90 Å². The highest BCUT2D eigenvalue weighted by Gasteiger charge is 2.23. The van der Waals surface area contributed by atoms with Crippen LogP contribution in [-0.2, 0) is 0 Å². The summed E-state index contributed by atoms with van der Waals surface area (Å²) in [5.74, 6) is 0. The first-order chi connectivity index (χ1) is 15.5. The molecule has 0 radical (unpaired) electrons. The lowest BCUT2D eigenvalue weighted by Crippen LogP contribution is -2.47. The molecular formula is C26H24Cl2N4. The molecule has 0 saturated carbocycles. The topological polar surface area (TPSA) is 54.1 Å². The molecule has 0 unspecified atom stereocenters. The second-order valence-corrected chi connectivity index (χ2v) is 8.35. The van der Waals surface area contributed by atoms with Crippen molar-refractivity contribution in [2.75, 3.05) is 31.1 Å². The monoisotopic (exact) mass is 462 g/mol. The van der Waals surface area contributed by atoms with Gasteiger partial charge in [0.25, 0.3) is 0 Å². The van der Waals surface area contributed by atoms with E-state index in [4.69, 9.17) is 33.7 Å². The predicted octanol–water partition coefficient (Wildman–Crippen LogP) is 6.31. The number of halogens is 2. The van der Waals surface area contributed by atoms with Crippen molar-refractivity contribution in [3.63, 3.8) is 0 Å². The average Bonchev–Trinajstić information content (AvgIpc) is 2.84. The van der Waals surface area contributed by atoms with Gasteiger partial charge in [-0.2, -0.15) is 10.5 Å². The first-order valence-electron chi connectivity index (χ1n) is 10.4. The first-order valence-corrected chi connectivity index (χ1v) is 11.2.